The molecule has 0 saturated heterocycles. The third-order valence-corrected chi connectivity index (χ3v) is 2.97. The molecule has 3 heteroatoms. The topological polar surface area (TPSA) is 52.3 Å². The molecule has 0 aliphatic heterocycles. The second-order valence-corrected chi connectivity index (χ2v) is 4.11. The molecule has 82 valence electrons. The van der Waals surface area contributed by atoms with E-state index in [0.717, 1.165) is 19.3 Å². The largest absolute Gasteiger partial charge is 0.462 e. The van der Waals surface area contributed by atoms with Gasteiger partial charge in [-0.05, 0) is 38.1 Å². The van der Waals surface area contributed by atoms with Crippen LogP contribution in [0.25, 0.3) is 0 Å². The third kappa shape index (κ3) is 3.66. The molecule has 14 heavy (non-hydrogen) atoms. The van der Waals surface area contributed by atoms with Crippen molar-refractivity contribution in [2.24, 2.45) is 11.7 Å². The predicted molar refractivity (Wildman–Crippen MR) is 55.8 cm³/mol. The normalized spacial score (nSPS) is 19.6. The SMILES string of the molecule is CCC(CN)CC(=O)OC1CCCC1. The fraction of sp³-hybridized carbons (Fsp3) is 0.909. The minimum absolute atomic E-state index is 0.0609. The van der Waals surface area contributed by atoms with Gasteiger partial charge in [-0.2, -0.15) is 0 Å². The summed E-state index contributed by atoms with van der Waals surface area (Å²) in [5.74, 6) is 0.234. The number of nitrogens with two attached hydrogens (primary N) is 1. The van der Waals surface area contributed by atoms with Crippen molar-refractivity contribution < 1.29 is 9.53 Å². The van der Waals surface area contributed by atoms with Gasteiger partial charge in [0, 0.05) is 6.42 Å². The first-order valence-electron chi connectivity index (χ1n) is 5.65. The summed E-state index contributed by atoms with van der Waals surface area (Å²) in [5, 5.41) is 0. The van der Waals surface area contributed by atoms with Gasteiger partial charge in [0.15, 0.2) is 0 Å². The minimum atomic E-state index is -0.0609. The second-order valence-electron chi connectivity index (χ2n) is 4.11. The van der Waals surface area contributed by atoms with Crippen molar-refractivity contribution >= 4 is 5.97 Å². The molecule has 1 aliphatic carbocycles. The van der Waals surface area contributed by atoms with Crippen LogP contribution in [0, 0.1) is 5.92 Å². The Morgan fingerprint density at radius 1 is 1.50 bits per heavy atom. The first-order chi connectivity index (χ1) is 6.76. The summed E-state index contributed by atoms with van der Waals surface area (Å²) in [6.45, 7) is 2.64. The summed E-state index contributed by atoms with van der Waals surface area (Å²) in [6.07, 6.45) is 6.13. The van der Waals surface area contributed by atoms with Gasteiger partial charge in [0.05, 0.1) is 0 Å². The highest BCUT2D eigenvalue weighted by Crippen LogP contribution is 2.22. The van der Waals surface area contributed by atoms with E-state index in [-0.39, 0.29) is 12.1 Å². The number of hydrogen-bond acceptors (Lipinski definition) is 3. The zero-order chi connectivity index (χ0) is 10.4. The van der Waals surface area contributed by atoms with Crippen molar-refractivity contribution in [1.82, 2.24) is 0 Å². The number of rotatable bonds is 5. The van der Waals surface area contributed by atoms with Crippen LogP contribution in [-0.4, -0.2) is 18.6 Å². The molecule has 1 rings (SSSR count). The fourth-order valence-corrected chi connectivity index (χ4v) is 1.87. The van der Waals surface area contributed by atoms with Crippen molar-refractivity contribution in [2.45, 2.75) is 51.6 Å². The standard InChI is InChI=1S/C11H21NO2/c1-2-9(8-12)7-11(13)14-10-5-3-4-6-10/h9-10H,2-8,12H2,1H3. The maximum Gasteiger partial charge on any atom is 0.306 e. The van der Waals surface area contributed by atoms with Crippen LogP contribution in [0.3, 0.4) is 0 Å². The Bertz CT molecular complexity index is 166. The molecular formula is C11H21NO2. The molecular weight excluding hydrogens is 178 g/mol. The van der Waals surface area contributed by atoms with Crippen molar-refractivity contribution in [3.05, 3.63) is 0 Å². The van der Waals surface area contributed by atoms with Gasteiger partial charge in [-0.3, -0.25) is 4.79 Å². The van der Waals surface area contributed by atoms with Crippen LogP contribution in [0.15, 0.2) is 0 Å². The molecule has 1 unspecified atom stereocenters. The molecule has 0 amide bonds. The summed E-state index contributed by atoms with van der Waals surface area (Å²) in [6, 6.07) is 0. The summed E-state index contributed by atoms with van der Waals surface area (Å²) < 4.78 is 5.35. The Morgan fingerprint density at radius 2 is 2.14 bits per heavy atom. The lowest BCUT2D eigenvalue weighted by Gasteiger charge is -2.14. The lowest BCUT2D eigenvalue weighted by Crippen LogP contribution is -2.21. The smallest absolute Gasteiger partial charge is 0.306 e. The third-order valence-electron chi connectivity index (χ3n) is 2.97. The second kappa shape index (κ2) is 6.02. The average Bonchev–Trinajstić information content (AvgIpc) is 2.66. The number of hydrogen-bond donors (Lipinski definition) is 1. The monoisotopic (exact) mass is 199 g/mol. The van der Waals surface area contributed by atoms with Crippen molar-refractivity contribution in [1.29, 1.82) is 0 Å². The molecule has 0 bridgehead atoms. The molecule has 0 spiro atoms. The molecule has 1 aliphatic rings. The van der Waals surface area contributed by atoms with E-state index in [4.69, 9.17) is 10.5 Å². The zero-order valence-electron chi connectivity index (χ0n) is 9.00. The van der Waals surface area contributed by atoms with Gasteiger partial charge < -0.3 is 10.5 Å². The first-order valence-corrected chi connectivity index (χ1v) is 5.65. The Morgan fingerprint density at radius 3 is 2.64 bits per heavy atom. The van der Waals surface area contributed by atoms with Gasteiger partial charge in [-0.25, -0.2) is 0 Å². The number of esters is 1. The lowest BCUT2D eigenvalue weighted by molar-refractivity contribution is -0.149. The van der Waals surface area contributed by atoms with Crippen LogP contribution < -0.4 is 5.73 Å². The van der Waals surface area contributed by atoms with Crippen LogP contribution >= 0.6 is 0 Å². The van der Waals surface area contributed by atoms with Crippen molar-refractivity contribution in [2.75, 3.05) is 6.54 Å². The van der Waals surface area contributed by atoms with E-state index in [0.29, 0.717) is 18.9 Å². The summed E-state index contributed by atoms with van der Waals surface area (Å²) in [7, 11) is 0. The number of carbonyl (C=O) groups is 1. The van der Waals surface area contributed by atoms with E-state index in [1.165, 1.54) is 12.8 Å². The van der Waals surface area contributed by atoms with E-state index in [1.807, 2.05) is 0 Å². The minimum Gasteiger partial charge on any atom is -0.462 e. The summed E-state index contributed by atoms with van der Waals surface area (Å²) in [4.78, 5) is 11.4. The lowest BCUT2D eigenvalue weighted by atomic mass is 10.0. The maximum atomic E-state index is 11.4. The molecule has 0 aromatic carbocycles. The van der Waals surface area contributed by atoms with E-state index in [2.05, 4.69) is 6.92 Å². The Balaban J connectivity index is 2.20. The van der Waals surface area contributed by atoms with Gasteiger partial charge in [0.25, 0.3) is 0 Å². The summed E-state index contributed by atoms with van der Waals surface area (Å²) in [5.41, 5.74) is 5.53. The highest BCUT2D eigenvalue weighted by atomic mass is 16.5. The molecule has 0 aromatic heterocycles. The number of ether oxygens (including phenoxy) is 1. The van der Waals surface area contributed by atoms with Crippen LogP contribution in [0.4, 0.5) is 0 Å². The van der Waals surface area contributed by atoms with E-state index in [9.17, 15) is 4.79 Å². The maximum absolute atomic E-state index is 11.4. The van der Waals surface area contributed by atoms with Crippen molar-refractivity contribution in [3.8, 4) is 0 Å². The van der Waals surface area contributed by atoms with E-state index >= 15 is 0 Å². The predicted octanol–water partition coefficient (Wildman–Crippen LogP) is 1.85. The zero-order valence-corrected chi connectivity index (χ0v) is 9.00. The van der Waals surface area contributed by atoms with Crippen LogP contribution in [0.1, 0.15) is 45.4 Å². The molecule has 1 saturated carbocycles. The highest BCUT2D eigenvalue weighted by molar-refractivity contribution is 5.69. The molecule has 2 N–H and O–H groups in total. The Labute approximate surface area is 86.0 Å². The Kier molecular flexibility index (Phi) is 4.94. The van der Waals surface area contributed by atoms with Gasteiger partial charge in [-0.15, -0.1) is 0 Å². The quantitative estimate of drug-likeness (QED) is 0.687. The van der Waals surface area contributed by atoms with Gasteiger partial charge in [-0.1, -0.05) is 13.3 Å². The van der Waals surface area contributed by atoms with Gasteiger partial charge >= 0.3 is 5.97 Å². The Hall–Kier alpha value is -0.570. The number of carbonyl (C=O) groups excluding carboxylic acids is 1. The fourth-order valence-electron chi connectivity index (χ4n) is 1.87. The molecule has 1 atom stereocenters. The molecule has 3 nitrogen and oxygen atoms in total. The van der Waals surface area contributed by atoms with Crippen LogP contribution in [0.2, 0.25) is 0 Å². The molecule has 0 heterocycles. The molecule has 1 fully saturated rings. The summed E-state index contributed by atoms with van der Waals surface area (Å²) >= 11 is 0. The van der Waals surface area contributed by atoms with E-state index < -0.39 is 0 Å². The van der Waals surface area contributed by atoms with Crippen LogP contribution in [-0.2, 0) is 9.53 Å². The van der Waals surface area contributed by atoms with Gasteiger partial charge in [0.2, 0.25) is 0 Å². The highest BCUT2D eigenvalue weighted by Gasteiger charge is 2.20. The average molecular weight is 199 g/mol. The molecule has 0 aromatic rings. The van der Waals surface area contributed by atoms with Crippen LogP contribution in [0.5, 0.6) is 0 Å². The van der Waals surface area contributed by atoms with E-state index in [1.54, 1.807) is 0 Å². The van der Waals surface area contributed by atoms with Crippen molar-refractivity contribution in [3.63, 3.8) is 0 Å². The first kappa shape index (κ1) is 11.5. The van der Waals surface area contributed by atoms with Gasteiger partial charge in [0.1, 0.15) is 6.10 Å². The molecule has 0 radical (unpaired) electrons.